The number of hydrogen-bond donors (Lipinski definition) is 0. The highest BCUT2D eigenvalue weighted by atomic mass is 79.9. The fraction of sp³-hybridized carbons (Fsp3) is 0.174. The average Bonchev–Trinajstić information content (AvgIpc) is 3.20. The van der Waals surface area contributed by atoms with Crippen LogP contribution in [-0.2, 0) is 0 Å². The summed E-state index contributed by atoms with van der Waals surface area (Å²) in [5, 5.41) is 7.71. The second kappa shape index (κ2) is 7.39. The fourth-order valence-corrected chi connectivity index (χ4v) is 4.53. The molecule has 0 unspecified atom stereocenters. The van der Waals surface area contributed by atoms with E-state index in [-0.39, 0.29) is 6.04 Å². The molecule has 2 atom stereocenters. The standard InChI is InChI=1S/C23H18BrClN2O2/c1-28-21-9-7-15(24)11-18(21)23-27-20(17-12-16(25)8-10-22(17)29-23)13-19(26-27)14-5-3-2-4-6-14/h2-12,20,23H,13H2,1H3/t20-,23+/m0/s1. The first-order valence-corrected chi connectivity index (χ1v) is 10.5. The Bertz CT molecular complexity index is 1100. The molecule has 0 fully saturated rings. The van der Waals surface area contributed by atoms with Crippen LogP contribution in [-0.4, -0.2) is 17.8 Å². The van der Waals surface area contributed by atoms with Crippen molar-refractivity contribution in [3.63, 3.8) is 0 Å². The van der Waals surface area contributed by atoms with Gasteiger partial charge in [0.2, 0.25) is 6.23 Å². The van der Waals surface area contributed by atoms with Crippen molar-refractivity contribution >= 4 is 33.2 Å². The van der Waals surface area contributed by atoms with E-state index < -0.39 is 6.23 Å². The summed E-state index contributed by atoms with van der Waals surface area (Å²) in [5.74, 6) is 1.59. The molecule has 2 heterocycles. The number of hydrogen-bond acceptors (Lipinski definition) is 4. The number of fused-ring (bicyclic) bond motifs is 3. The molecule has 5 rings (SSSR count). The molecule has 0 aromatic heterocycles. The van der Waals surface area contributed by atoms with Gasteiger partial charge in [-0.1, -0.05) is 57.9 Å². The molecule has 0 saturated heterocycles. The number of ether oxygens (including phenoxy) is 2. The van der Waals surface area contributed by atoms with Crippen LogP contribution in [0.15, 0.2) is 76.3 Å². The molecule has 0 bridgehead atoms. The minimum Gasteiger partial charge on any atom is -0.496 e. The molecule has 4 nitrogen and oxygen atoms in total. The lowest BCUT2D eigenvalue weighted by Crippen LogP contribution is -2.34. The zero-order valence-corrected chi connectivity index (χ0v) is 18.0. The molecule has 3 aromatic rings. The highest BCUT2D eigenvalue weighted by Crippen LogP contribution is 2.49. The quantitative estimate of drug-likeness (QED) is 0.448. The number of hydrazone groups is 1. The molecule has 0 radical (unpaired) electrons. The SMILES string of the molecule is COc1ccc(Br)cc1[C@H]1Oc2ccc(Cl)cc2[C@@H]2CC(c3ccccc3)=NN12. The van der Waals surface area contributed by atoms with Gasteiger partial charge in [-0.3, -0.25) is 0 Å². The molecule has 0 amide bonds. The van der Waals surface area contributed by atoms with Gasteiger partial charge in [0.05, 0.1) is 24.4 Å². The number of nitrogens with zero attached hydrogens (tertiary/aromatic N) is 2. The smallest absolute Gasteiger partial charge is 0.217 e. The van der Waals surface area contributed by atoms with Crippen LogP contribution in [0.25, 0.3) is 0 Å². The van der Waals surface area contributed by atoms with Gasteiger partial charge in [0.1, 0.15) is 11.5 Å². The first-order chi connectivity index (χ1) is 14.1. The van der Waals surface area contributed by atoms with Crippen LogP contribution >= 0.6 is 27.5 Å². The summed E-state index contributed by atoms with van der Waals surface area (Å²) in [4.78, 5) is 0. The second-order valence-electron chi connectivity index (χ2n) is 7.05. The summed E-state index contributed by atoms with van der Waals surface area (Å²) in [5.41, 5.74) is 4.12. The third kappa shape index (κ3) is 3.28. The maximum atomic E-state index is 6.43. The zero-order chi connectivity index (χ0) is 20.0. The largest absolute Gasteiger partial charge is 0.496 e. The van der Waals surface area contributed by atoms with Crippen molar-refractivity contribution < 1.29 is 9.47 Å². The third-order valence-electron chi connectivity index (χ3n) is 5.32. The molecule has 29 heavy (non-hydrogen) atoms. The average molecular weight is 470 g/mol. The molecule has 2 aliphatic heterocycles. The van der Waals surface area contributed by atoms with Crippen LogP contribution in [0.5, 0.6) is 11.5 Å². The van der Waals surface area contributed by atoms with Crippen LogP contribution in [0, 0.1) is 0 Å². The number of halogens is 2. The van der Waals surface area contributed by atoms with Gasteiger partial charge in [-0.05, 0) is 42.0 Å². The molecular formula is C23H18BrClN2O2. The maximum Gasteiger partial charge on any atom is 0.217 e. The van der Waals surface area contributed by atoms with Crippen molar-refractivity contribution in [1.82, 2.24) is 5.01 Å². The molecule has 0 aliphatic carbocycles. The van der Waals surface area contributed by atoms with Crippen LogP contribution in [0.4, 0.5) is 0 Å². The Labute approximate surface area is 182 Å². The number of benzene rings is 3. The predicted octanol–water partition coefficient (Wildman–Crippen LogP) is 6.35. The molecular weight excluding hydrogens is 452 g/mol. The van der Waals surface area contributed by atoms with Gasteiger partial charge in [0, 0.05) is 21.5 Å². The molecule has 146 valence electrons. The van der Waals surface area contributed by atoms with Gasteiger partial charge >= 0.3 is 0 Å². The summed E-state index contributed by atoms with van der Waals surface area (Å²) in [6.07, 6.45) is 0.385. The van der Waals surface area contributed by atoms with E-state index in [2.05, 4.69) is 28.1 Å². The van der Waals surface area contributed by atoms with Crippen molar-refractivity contribution in [2.75, 3.05) is 7.11 Å². The highest BCUT2D eigenvalue weighted by molar-refractivity contribution is 9.10. The van der Waals surface area contributed by atoms with Gasteiger partial charge < -0.3 is 9.47 Å². The number of methoxy groups -OCH3 is 1. The van der Waals surface area contributed by atoms with E-state index in [9.17, 15) is 0 Å². The minimum absolute atomic E-state index is 0.0429. The molecule has 2 aliphatic rings. The normalized spacial score (nSPS) is 19.8. The van der Waals surface area contributed by atoms with Crippen LogP contribution in [0.1, 0.15) is 35.4 Å². The Balaban J connectivity index is 1.65. The van der Waals surface area contributed by atoms with E-state index >= 15 is 0 Å². The lowest BCUT2D eigenvalue weighted by molar-refractivity contribution is -0.0203. The van der Waals surface area contributed by atoms with Gasteiger partial charge in [0.25, 0.3) is 0 Å². The molecule has 3 aromatic carbocycles. The Morgan fingerprint density at radius 3 is 2.69 bits per heavy atom. The second-order valence-corrected chi connectivity index (χ2v) is 8.40. The van der Waals surface area contributed by atoms with Crippen molar-refractivity contribution in [3.8, 4) is 11.5 Å². The lowest BCUT2D eigenvalue weighted by Gasteiger charge is -2.38. The van der Waals surface area contributed by atoms with E-state index in [0.29, 0.717) is 5.02 Å². The summed E-state index contributed by atoms with van der Waals surface area (Å²) in [6.45, 7) is 0. The lowest BCUT2D eigenvalue weighted by atomic mass is 9.96. The Hall–Kier alpha value is -2.50. The topological polar surface area (TPSA) is 34.1 Å². The van der Waals surface area contributed by atoms with Gasteiger partial charge in [-0.2, -0.15) is 5.10 Å². The predicted molar refractivity (Wildman–Crippen MR) is 118 cm³/mol. The van der Waals surface area contributed by atoms with Crippen molar-refractivity contribution in [2.24, 2.45) is 5.10 Å². The van der Waals surface area contributed by atoms with E-state index in [0.717, 1.165) is 44.8 Å². The van der Waals surface area contributed by atoms with Crippen LogP contribution in [0.2, 0.25) is 5.02 Å². The number of rotatable bonds is 3. The zero-order valence-electron chi connectivity index (χ0n) is 15.7. The van der Waals surface area contributed by atoms with E-state index in [1.54, 1.807) is 7.11 Å². The first kappa shape index (κ1) is 18.5. The van der Waals surface area contributed by atoms with E-state index in [1.807, 2.05) is 59.6 Å². The van der Waals surface area contributed by atoms with E-state index in [4.69, 9.17) is 26.2 Å². The maximum absolute atomic E-state index is 6.43. The van der Waals surface area contributed by atoms with Crippen LogP contribution < -0.4 is 9.47 Å². The molecule has 0 spiro atoms. The van der Waals surface area contributed by atoms with Crippen molar-refractivity contribution in [1.29, 1.82) is 0 Å². The minimum atomic E-state index is -0.401. The fourth-order valence-electron chi connectivity index (χ4n) is 3.97. The van der Waals surface area contributed by atoms with E-state index in [1.165, 1.54) is 0 Å². The summed E-state index contributed by atoms with van der Waals surface area (Å²) in [7, 11) is 1.67. The Morgan fingerprint density at radius 2 is 1.90 bits per heavy atom. The summed E-state index contributed by atoms with van der Waals surface area (Å²) < 4.78 is 13.0. The van der Waals surface area contributed by atoms with Crippen molar-refractivity contribution in [3.05, 3.63) is 92.9 Å². The highest BCUT2D eigenvalue weighted by Gasteiger charge is 2.42. The molecule has 6 heteroatoms. The molecule has 0 N–H and O–H groups in total. The monoisotopic (exact) mass is 468 g/mol. The summed E-state index contributed by atoms with van der Waals surface area (Å²) in [6, 6.07) is 22.0. The third-order valence-corrected chi connectivity index (χ3v) is 6.05. The van der Waals surface area contributed by atoms with Gasteiger partial charge in [0.15, 0.2) is 0 Å². The Kier molecular flexibility index (Phi) is 4.72. The van der Waals surface area contributed by atoms with Crippen molar-refractivity contribution in [2.45, 2.75) is 18.7 Å². The Morgan fingerprint density at radius 1 is 1.07 bits per heavy atom. The summed E-state index contributed by atoms with van der Waals surface area (Å²) >= 11 is 9.88. The van der Waals surface area contributed by atoms with Crippen LogP contribution in [0.3, 0.4) is 0 Å². The first-order valence-electron chi connectivity index (χ1n) is 9.35. The molecule has 0 saturated carbocycles. The van der Waals surface area contributed by atoms with Gasteiger partial charge in [-0.25, -0.2) is 5.01 Å². The van der Waals surface area contributed by atoms with Gasteiger partial charge in [-0.15, -0.1) is 0 Å².